The Balaban J connectivity index is 1.17. The monoisotopic (exact) mass is 622 g/mol. The average molecular weight is 623 g/mol. The van der Waals surface area contributed by atoms with E-state index in [4.69, 9.17) is 4.98 Å². The molecule has 0 aliphatic rings. The van der Waals surface area contributed by atoms with Gasteiger partial charge in [-0.05, 0) is 86.9 Å². The van der Waals surface area contributed by atoms with Crippen LogP contribution in [0.1, 0.15) is 0 Å². The number of fused-ring (bicyclic) bond motifs is 9. The third kappa shape index (κ3) is 4.46. The van der Waals surface area contributed by atoms with Crippen molar-refractivity contribution in [3.8, 4) is 39.2 Å². The number of hydrogen-bond donors (Lipinski definition) is 0. The summed E-state index contributed by atoms with van der Waals surface area (Å²) in [5.74, 6) is 0. The molecule has 0 unspecified atom stereocenters. The van der Waals surface area contributed by atoms with Crippen LogP contribution in [0.4, 0.5) is 0 Å². The molecule has 10 rings (SSSR count). The van der Waals surface area contributed by atoms with Crippen molar-refractivity contribution >= 4 is 54.3 Å². The molecule has 2 heterocycles. The van der Waals surface area contributed by atoms with Gasteiger partial charge in [-0.1, -0.05) is 133 Å². The first-order chi connectivity index (χ1) is 24.3. The highest BCUT2D eigenvalue weighted by Crippen LogP contribution is 2.39. The molecule has 8 aromatic carbocycles. The first-order valence-corrected chi connectivity index (χ1v) is 16.8. The number of aromatic nitrogens is 2. The van der Waals surface area contributed by atoms with Gasteiger partial charge in [0.1, 0.15) is 0 Å². The van der Waals surface area contributed by atoms with E-state index >= 15 is 0 Å². The zero-order chi connectivity index (χ0) is 32.3. The van der Waals surface area contributed by atoms with E-state index in [1.54, 1.807) is 0 Å². The van der Waals surface area contributed by atoms with Crippen molar-refractivity contribution in [3.63, 3.8) is 0 Å². The Bertz CT molecular complexity index is 2790. The Morgan fingerprint density at radius 1 is 0.306 bits per heavy atom. The third-order valence-corrected chi connectivity index (χ3v) is 9.99. The Labute approximate surface area is 284 Å². The first kappa shape index (κ1) is 27.6. The fourth-order valence-electron chi connectivity index (χ4n) is 7.62. The van der Waals surface area contributed by atoms with E-state index in [0.717, 1.165) is 27.8 Å². The SMILES string of the molecule is c1ccc(-c2ccc3c(c2)c2ccc(-c4ccc(-n5c6ccccc6c6ccccc65)cc4)nc2c2cc(-c4ccccc4)ccc32)cc1. The van der Waals surface area contributed by atoms with E-state index in [9.17, 15) is 0 Å². The maximum absolute atomic E-state index is 5.45. The van der Waals surface area contributed by atoms with Gasteiger partial charge in [0, 0.05) is 32.8 Å². The molecule has 0 amide bonds. The van der Waals surface area contributed by atoms with Gasteiger partial charge in [-0.3, -0.25) is 0 Å². The van der Waals surface area contributed by atoms with Crippen molar-refractivity contribution in [1.29, 1.82) is 0 Å². The van der Waals surface area contributed by atoms with Crippen molar-refractivity contribution in [2.75, 3.05) is 0 Å². The molecule has 0 spiro atoms. The van der Waals surface area contributed by atoms with E-state index in [1.165, 1.54) is 65.6 Å². The molecule has 0 saturated carbocycles. The van der Waals surface area contributed by atoms with E-state index in [0.29, 0.717) is 0 Å². The minimum atomic E-state index is 0.964. The summed E-state index contributed by atoms with van der Waals surface area (Å²) in [6.45, 7) is 0. The average Bonchev–Trinajstić information content (AvgIpc) is 3.52. The van der Waals surface area contributed by atoms with Crippen LogP contribution in [-0.4, -0.2) is 9.55 Å². The fourth-order valence-corrected chi connectivity index (χ4v) is 7.62. The number of benzene rings is 8. The number of nitrogens with zero attached hydrogens (tertiary/aromatic N) is 2. The molecule has 0 aliphatic carbocycles. The van der Waals surface area contributed by atoms with Crippen LogP contribution in [-0.2, 0) is 0 Å². The summed E-state index contributed by atoms with van der Waals surface area (Å²) in [6, 6.07) is 65.5. The maximum atomic E-state index is 5.45. The van der Waals surface area contributed by atoms with Gasteiger partial charge in [0.25, 0.3) is 0 Å². The lowest BCUT2D eigenvalue weighted by Gasteiger charge is -2.14. The van der Waals surface area contributed by atoms with Crippen LogP contribution in [0.3, 0.4) is 0 Å². The highest BCUT2D eigenvalue weighted by molar-refractivity contribution is 6.25. The van der Waals surface area contributed by atoms with Gasteiger partial charge in [-0.25, -0.2) is 4.98 Å². The molecule has 10 aromatic rings. The van der Waals surface area contributed by atoms with Crippen molar-refractivity contribution in [2.45, 2.75) is 0 Å². The Morgan fingerprint density at radius 3 is 1.41 bits per heavy atom. The fraction of sp³-hybridized carbons (Fsp3) is 0. The van der Waals surface area contributed by atoms with E-state index in [1.807, 2.05) is 0 Å². The highest BCUT2D eigenvalue weighted by Gasteiger charge is 2.15. The summed E-state index contributed by atoms with van der Waals surface area (Å²) < 4.78 is 2.36. The predicted molar refractivity (Wildman–Crippen MR) is 207 cm³/mol. The van der Waals surface area contributed by atoms with Gasteiger partial charge in [-0.15, -0.1) is 0 Å². The van der Waals surface area contributed by atoms with Gasteiger partial charge in [-0.2, -0.15) is 0 Å². The van der Waals surface area contributed by atoms with E-state index in [2.05, 4.69) is 187 Å². The Kier molecular flexibility index (Phi) is 6.22. The van der Waals surface area contributed by atoms with Gasteiger partial charge in [0.2, 0.25) is 0 Å². The van der Waals surface area contributed by atoms with Crippen LogP contribution in [0.5, 0.6) is 0 Å². The van der Waals surface area contributed by atoms with Crippen LogP contribution in [0.2, 0.25) is 0 Å². The van der Waals surface area contributed by atoms with Gasteiger partial charge < -0.3 is 4.57 Å². The predicted octanol–water partition coefficient (Wildman–Crippen LogP) is 12.6. The van der Waals surface area contributed by atoms with Crippen molar-refractivity contribution in [1.82, 2.24) is 9.55 Å². The largest absolute Gasteiger partial charge is 0.309 e. The second-order valence-corrected chi connectivity index (χ2v) is 12.8. The second-order valence-electron chi connectivity index (χ2n) is 12.8. The number of pyridine rings is 1. The highest BCUT2D eigenvalue weighted by atomic mass is 15.0. The molecule has 0 bridgehead atoms. The van der Waals surface area contributed by atoms with Crippen LogP contribution >= 0.6 is 0 Å². The quantitative estimate of drug-likeness (QED) is 0.179. The Hall–Kier alpha value is -6.51. The first-order valence-electron chi connectivity index (χ1n) is 16.8. The standard InChI is InChI=1S/C47H30N2/c1-3-11-31(12-4-1)34-21-25-37-38-26-22-35(32-13-5-2-6-14-32)30-43(38)47-41(42(37)29-34)27-28-44(48-47)33-19-23-36(24-20-33)49-45-17-9-7-15-39(45)40-16-8-10-18-46(40)49/h1-30H. The molecule has 2 nitrogen and oxygen atoms in total. The van der Waals surface area contributed by atoms with Gasteiger partial charge in [0.05, 0.1) is 22.2 Å². The van der Waals surface area contributed by atoms with Crippen LogP contribution in [0.25, 0.3) is 93.5 Å². The molecule has 0 aliphatic heterocycles. The summed E-state index contributed by atoms with van der Waals surface area (Å²) in [5, 5.41) is 8.54. The second kappa shape index (κ2) is 11.0. The zero-order valence-electron chi connectivity index (χ0n) is 26.7. The maximum Gasteiger partial charge on any atom is 0.0794 e. The molecule has 0 N–H and O–H groups in total. The van der Waals surface area contributed by atoms with Crippen molar-refractivity contribution < 1.29 is 0 Å². The van der Waals surface area contributed by atoms with E-state index in [-0.39, 0.29) is 0 Å². The van der Waals surface area contributed by atoms with Crippen molar-refractivity contribution in [3.05, 3.63) is 182 Å². The van der Waals surface area contributed by atoms with Crippen LogP contribution < -0.4 is 0 Å². The summed E-state index contributed by atoms with van der Waals surface area (Å²) in [7, 11) is 0. The molecule has 0 radical (unpaired) electrons. The molecule has 2 aromatic heterocycles. The lowest BCUT2D eigenvalue weighted by molar-refractivity contribution is 1.18. The third-order valence-electron chi connectivity index (χ3n) is 9.99. The number of rotatable bonds is 4. The summed E-state index contributed by atoms with van der Waals surface area (Å²) >= 11 is 0. The minimum Gasteiger partial charge on any atom is -0.309 e. The zero-order valence-corrected chi connectivity index (χ0v) is 26.7. The molecule has 228 valence electrons. The van der Waals surface area contributed by atoms with Crippen LogP contribution in [0, 0.1) is 0 Å². The van der Waals surface area contributed by atoms with Gasteiger partial charge >= 0.3 is 0 Å². The molecule has 0 saturated heterocycles. The van der Waals surface area contributed by atoms with Crippen molar-refractivity contribution in [2.24, 2.45) is 0 Å². The molecule has 0 atom stereocenters. The smallest absolute Gasteiger partial charge is 0.0794 e. The lowest BCUT2D eigenvalue weighted by Crippen LogP contribution is -1.94. The van der Waals surface area contributed by atoms with Gasteiger partial charge in [0.15, 0.2) is 0 Å². The molecule has 0 fully saturated rings. The summed E-state index contributed by atoms with van der Waals surface area (Å²) in [4.78, 5) is 5.45. The summed E-state index contributed by atoms with van der Waals surface area (Å²) in [5.41, 5.74) is 11.5. The lowest BCUT2D eigenvalue weighted by atomic mass is 9.92. The minimum absolute atomic E-state index is 0.964. The number of hydrogen-bond acceptors (Lipinski definition) is 1. The molecule has 49 heavy (non-hydrogen) atoms. The topological polar surface area (TPSA) is 17.8 Å². The summed E-state index contributed by atoms with van der Waals surface area (Å²) in [6.07, 6.45) is 0. The molecular formula is C47H30N2. The molecular weight excluding hydrogens is 593 g/mol. The molecule has 2 heteroatoms. The van der Waals surface area contributed by atoms with E-state index < -0.39 is 0 Å². The number of para-hydroxylation sites is 2. The normalized spacial score (nSPS) is 11.7. The Morgan fingerprint density at radius 2 is 0.796 bits per heavy atom. The van der Waals surface area contributed by atoms with Crippen LogP contribution in [0.15, 0.2) is 182 Å².